The molecule has 0 radical (unpaired) electrons. The summed E-state index contributed by atoms with van der Waals surface area (Å²) in [7, 11) is 0. The molecule has 1 unspecified atom stereocenters. The lowest BCUT2D eigenvalue weighted by atomic mass is 9.93. The van der Waals surface area contributed by atoms with Gasteiger partial charge in [0.1, 0.15) is 6.17 Å². The smallest absolute Gasteiger partial charge is 0.123 e. The van der Waals surface area contributed by atoms with Crippen molar-refractivity contribution in [3.05, 3.63) is 65.0 Å². The van der Waals surface area contributed by atoms with Gasteiger partial charge in [-0.05, 0) is 55.0 Å². The fraction of sp³-hybridized carbons (Fsp3) is 0.429. The van der Waals surface area contributed by atoms with E-state index in [1.807, 2.05) is 6.08 Å². The van der Waals surface area contributed by atoms with Gasteiger partial charge in [-0.15, -0.1) is 6.58 Å². The van der Waals surface area contributed by atoms with Crippen molar-refractivity contribution in [1.29, 1.82) is 0 Å². The van der Waals surface area contributed by atoms with Crippen LogP contribution in [0.5, 0.6) is 0 Å². The number of allylic oxidation sites excluding steroid dienone is 3. The predicted molar refractivity (Wildman–Crippen MR) is 101 cm³/mol. The molecule has 0 amide bonds. The second-order valence-corrected chi connectivity index (χ2v) is 6.42. The zero-order chi connectivity index (χ0) is 17.0. The minimum absolute atomic E-state index is 0.149. The third kappa shape index (κ3) is 3.69. The van der Waals surface area contributed by atoms with E-state index in [2.05, 4.69) is 63.6 Å². The Morgan fingerprint density at radius 2 is 1.91 bits per heavy atom. The lowest BCUT2D eigenvalue weighted by molar-refractivity contribution is 0.571. The first-order chi connectivity index (χ1) is 11.0. The van der Waals surface area contributed by atoms with Gasteiger partial charge in [0, 0.05) is 17.8 Å². The van der Waals surface area contributed by atoms with Crippen molar-refractivity contribution in [3.8, 4) is 0 Å². The summed E-state index contributed by atoms with van der Waals surface area (Å²) in [6.45, 7) is 16.7. The quantitative estimate of drug-likeness (QED) is 0.662. The van der Waals surface area contributed by atoms with Crippen LogP contribution in [0.25, 0.3) is 5.57 Å². The molecule has 1 aromatic carbocycles. The standard InChI is InChI=1S/C21H30N2/c1-7-10-19-20(11-8-2)23-21(22-19)18-13-17(14(4)5)16(9-3)12-15(18)6/h7,12-13,21-23H,1,4,8-11H2,2-3,5-6H3. The third-order valence-corrected chi connectivity index (χ3v) is 4.49. The Morgan fingerprint density at radius 3 is 2.48 bits per heavy atom. The van der Waals surface area contributed by atoms with Gasteiger partial charge in [-0.3, -0.25) is 0 Å². The number of aryl methyl sites for hydroxylation is 2. The lowest BCUT2D eigenvalue weighted by Gasteiger charge is -2.20. The van der Waals surface area contributed by atoms with Gasteiger partial charge < -0.3 is 10.6 Å². The number of hydrogen-bond acceptors (Lipinski definition) is 2. The topological polar surface area (TPSA) is 24.1 Å². The van der Waals surface area contributed by atoms with Gasteiger partial charge in [0.2, 0.25) is 0 Å². The zero-order valence-corrected chi connectivity index (χ0v) is 15.1. The molecule has 1 atom stereocenters. The van der Waals surface area contributed by atoms with Gasteiger partial charge in [-0.25, -0.2) is 0 Å². The fourth-order valence-corrected chi connectivity index (χ4v) is 3.30. The van der Waals surface area contributed by atoms with E-state index in [9.17, 15) is 0 Å². The Labute approximate surface area is 141 Å². The molecule has 0 fully saturated rings. The molecular formula is C21H30N2. The Kier molecular flexibility index (Phi) is 5.70. The van der Waals surface area contributed by atoms with Crippen molar-refractivity contribution in [2.24, 2.45) is 0 Å². The van der Waals surface area contributed by atoms with E-state index in [4.69, 9.17) is 0 Å². The maximum absolute atomic E-state index is 4.16. The first-order valence-corrected chi connectivity index (χ1v) is 8.67. The van der Waals surface area contributed by atoms with Crippen LogP contribution in [0.1, 0.15) is 68.5 Å². The Balaban J connectivity index is 2.35. The Hall–Kier alpha value is -1.96. The molecule has 1 aliphatic rings. The summed E-state index contributed by atoms with van der Waals surface area (Å²) in [6.07, 6.45) is 6.26. The highest BCUT2D eigenvalue weighted by atomic mass is 15.2. The SMILES string of the molecule is C=CCC1=C(CCC)NC(c2cc(C(=C)C)c(CC)cc2C)N1. The third-order valence-electron chi connectivity index (χ3n) is 4.49. The molecular weight excluding hydrogens is 280 g/mol. The molecule has 124 valence electrons. The molecule has 23 heavy (non-hydrogen) atoms. The summed E-state index contributed by atoms with van der Waals surface area (Å²) in [5.74, 6) is 0. The van der Waals surface area contributed by atoms with Crippen molar-refractivity contribution in [2.45, 2.75) is 59.5 Å². The van der Waals surface area contributed by atoms with E-state index in [-0.39, 0.29) is 6.17 Å². The van der Waals surface area contributed by atoms with E-state index < -0.39 is 0 Å². The van der Waals surface area contributed by atoms with Crippen molar-refractivity contribution in [2.75, 3.05) is 0 Å². The molecule has 0 saturated carbocycles. The monoisotopic (exact) mass is 310 g/mol. The van der Waals surface area contributed by atoms with Crippen LogP contribution in [0, 0.1) is 6.92 Å². The molecule has 2 N–H and O–H groups in total. The molecule has 0 saturated heterocycles. The largest absolute Gasteiger partial charge is 0.364 e. The highest BCUT2D eigenvalue weighted by molar-refractivity contribution is 5.66. The van der Waals surface area contributed by atoms with Gasteiger partial charge in [0.05, 0.1) is 0 Å². The summed E-state index contributed by atoms with van der Waals surface area (Å²) < 4.78 is 0. The van der Waals surface area contributed by atoms with Crippen LogP contribution in [0.4, 0.5) is 0 Å². The summed E-state index contributed by atoms with van der Waals surface area (Å²) in [5, 5.41) is 7.33. The highest BCUT2D eigenvalue weighted by Gasteiger charge is 2.24. The van der Waals surface area contributed by atoms with E-state index in [0.29, 0.717) is 0 Å². The number of hydrogen-bond donors (Lipinski definition) is 2. The molecule has 0 aliphatic carbocycles. The summed E-state index contributed by atoms with van der Waals surface area (Å²) in [6, 6.07) is 4.62. The van der Waals surface area contributed by atoms with Crippen molar-refractivity contribution in [1.82, 2.24) is 10.6 Å². The van der Waals surface area contributed by atoms with E-state index in [0.717, 1.165) is 31.3 Å². The maximum atomic E-state index is 4.16. The van der Waals surface area contributed by atoms with Gasteiger partial charge in [-0.2, -0.15) is 0 Å². The van der Waals surface area contributed by atoms with Crippen molar-refractivity contribution < 1.29 is 0 Å². The highest BCUT2D eigenvalue weighted by Crippen LogP contribution is 2.30. The lowest BCUT2D eigenvalue weighted by Crippen LogP contribution is -2.25. The van der Waals surface area contributed by atoms with Crippen molar-refractivity contribution in [3.63, 3.8) is 0 Å². The van der Waals surface area contributed by atoms with E-state index in [1.165, 1.54) is 33.6 Å². The summed E-state index contributed by atoms with van der Waals surface area (Å²) in [5.41, 5.74) is 9.04. The van der Waals surface area contributed by atoms with Gasteiger partial charge in [-0.1, -0.05) is 44.6 Å². The Bertz CT molecular complexity index is 637. The van der Waals surface area contributed by atoms with E-state index in [1.54, 1.807) is 0 Å². The maximum Gasteiger partial charge on any atom is 0.123 e. The van der Waals surface area contributed by atoms with Crippen LogP contribution < -0.4 is 10.6 Å². The van der Waals surface area contributed by atoms with Gasteiger partial charge >= 0.3 is 0 Å². The number of rotatable bonds is 7. The first kappa shape index (κ1) is 17.4. The van der Waals surface area contributed by atoms with Gasteiger partial charge in [0.15, 0.2) is 0 Å². The first-order valence-electron chi connectivity index (χ1n) is 8.67. The second-order valence-electron chi connectivity index (χ2n) is 6.42. The molecule has 0 aromatic heterocycles. The van der Waals surface area contributed by atoms with E-state index >= 15 is 0 Å². The van der Waals surface area contributed by atoms with Crippen molar-refractivity contribution >= 4 is 5.57 Å². The van der Waals surface area contributed by atoms with Crippen LogP contribution in [0.15, 0.2) is 42.8 Å². The van der Waals surface area contributed by atoms with Gasteiger partial charge in [0.25, 0.3) is 0 Å². The van der Waals surface area contributed by atoms with Crippen LogP contribution in [0.2, 0.25) is 0 Å². The summed E-state index contributed by atoms with van der Waals surface area (Å²) in [4.78, 5) is 0. The Morgan fingerprint density at radius 1 is 1.22 bits per heavy atom. The normalized spacial score (nSPS) is 17.0. The number of nitrogens with one attached hydrogen (secondary N) is 2. The molecule has 2 heteroatoms. The molecule has 1 aliphatic heterocycles. The van der Waals surface area contributed by atoms with Crippen LogP contribution in [-0.4, -0.2) is 0 Å². The molecule has 2 nitrogen and oxygen atoms in total. The molecule has 1 aromatic rings. The summed E-state index contributed by atoms with van der Waals surface area (Å²) >= 11 is 0. The fourth-order valence-electron chi connectivity index (χ4n) is 3.30. The second kappa shape index (κ2) is 7.54. The van der Waals surface area contributed by atoms with Crippen LogP contribution in [-0.2, 0) is 6.42 Å². The zero-order valence-electron chi connectivity index (χ0n) is 15.1. The minimum Gasteiger partial charge on any atom is -0.364 e. The van der Waals surface area contributed by atoms with Crippen LogP contribution in [0.3, 0.4) is 0 Å². The van der Waals surface area contributed by atoms with Crippen LogP contribution >= 0.6 is 0 Å². The minimum atomic E-state index is 0.149. The average molecular weight is 310 g/mol. The predicted octanol–water partition coefficient (Wildman–Crippen LogP) is 5.37. The molecule has 1 heterocycles. The average Bonchev–Trinajstić information content (AvgIpc) is 2.90. The molecule has 2 rings (SSSR count). The molecule has 0 bridgehead atoms. The number of benzene rings is 1. The molecule has 0 spiro atoms.